The molecule has 0 saturated carbocycles. The van der Waals surface area contributed by atoms with Gasteiger partial charge in [0, 0.05) is 18.8 Å². The van der Waals surface area contributed by atoms with Gasteiger partial charge in [0.1, 0.15) is 23.6 Å². The third-order valence-corrected chi connectivity index (χ3v) is 5.93. The third-order valence-electron chi connectivity index (χ3n) is 3.87. The van der Waals surface area contributed by atoms with Crippen molar-refractivity contribution in [3.63, 3.8) is 0 Å². The summed E-state index contributed by atoms with van der Waals surface area (Å²) < 4.78 is 5.10. The van der Waals surface area contributed by atoms with Crippen LogP contribution in [0.5, 0.6) is 0 Å². The van der Waals surface area contributed by atoms with Crippen LogP contribution in [0.15, 0.2) is 4.34 Å². The van der Waals surface area contributed by atoms with Gasteiger partial charge in [0.25, 0.3) is 11.6 Å². The van der Waals surface area contributed by atoms with Gasteiger partial charge in [-0.25, -0.2) is 0 Å². The minimum atomic E-state index is -2.36. The maximum Gasteiger partial charge on any atom is 1.00 e. The van der Waals surface area contributed by atoms with Crippen LogP contribution in [-0.2, 0) is 40.0 Å². The minimum absolute atomic E-state index is 0. The van der Waals surface area contributed by atoms with Crippen molar-refractivity contribution in [2.24, 2.45) is 0 Å². The summed E-state index contributed by atoms with van der Waals surface area (Å²) in [6, 6.07) is -1.18. The molecule has 156 valence electrons. The number of aliphatic carboxylic acids is 2. The Morgan fingerprint density at radius 2 is 1.97 bits per heavy atom. The van der Waals surface area contributed by atoms with E-state index in [-0.39, 0.29) is 95.7 Å². The van der Waals surface area contributed by atoms with Crippen LogP contribution in [0, 0.1) is 0 Å². The molecule has 1 aromatic heterocycles. The van der Waals surface area contributed by atoms with E-state index in [9.17, 15) is 34.2 Å². The number of hydrogen-bond acceptors (Lipinski definition) is 13. The molecule has 0 aliphatic carbocycles. The Morgan fingerprint density at radius 3 is 2.55 bits per heavy atom. The number of aromatic nitrogens is 2. The first-order valence-electron chi connectivity index (χ1n) is 8.06. The maximum atomic E-state index is 12.4. The van der Waals surface area contributed by atoms with Crippen LogP contribution in [0.25, 0.3) is 0 Å². The number of nitrogens with zero attached hydrogens (tertiary/aromatic N) is 3. The van der Waals surface area contributed by atoms with Gasteiger partial charge >= 0.3 is 65.1 Å². The molecule has 1 aromatic rings. The van der Waals surface area contributed by atoms with Crippen molar-refractivity contribution in [3.05, 3.63) is 5.01 Å². The predicted molar refractivity (Wildman–Crippen MR) is 87.1 cm³/mol. The Bertz CT molecular complexity index is 886. The van der Waals surface area contributed by atoms with Gasteiger partial charge in [0.05, 0.1) is 12.2 Å². The second kappa shape index (κ2) is 11.9. The number of ether oxygens (including phenoxy) is 1. The van der Waals surface area contributed by atoms with Crippen LogP contribution in [-0.4, -0.2) is 69.1 Å². The molecule has 3 heterocycles. The van der Waals surface area contributed by atoms with Gasteiger partial charge in [-0.3, -0.25) is 19.2 Å². The zero-order valence-electron chi connectivity index (χ0n) is 16.4. The summed E-state index contributed by atoms with van der Waals surface area (Å²) in [5, 5.41) is 32.4. The largest absolute Gasteiger partial charge is 1.00 e. The molecule has 2 aliphatic rings. The van der Waals surface area contributed by atoms with Crippen LogP contribution < -0.4 is 74.6 Å². The van der Waals surface area contributed by atoms with Crippen LogP contribution in [0.4, 0.5) is 0 Å². The Kier molecular flexibility index (Phi) is 10.8. The molecule has 13 nitrogen and oxygen atoms in total. The van der Waals surface area contributed by atoms with E-state index in [4.69, 9.17) is 9.57 Å². The van der Waals surface area contributed by atoms with E-state index >= 15 is 0 Å². The number of nitrogens with one attached hydrogen (secondary N) is 1. The average molecular weight is 490 g/mol. The van der Waals surface area contributed by atoms with Gasteiger partial charge in [0.2, 0.25) is 5.91 Å². The summed E-state index contributed by atoms with van der Waals surface area (Å²) in [7, 11) is 0. The van der Waals surface area contributed by atoms with Crippen molar-refractivity contribution in [1.82, 2.24) is 20.6 Å². The van der Waals surface area contributed by atoms with Crippen LogP contribution in [0.3, 0.4) is 0 Å². The van der Waals surface area contributed by atoms with Gasteiger partial charge in [0.15, 0.2) is 4.34 Å². The molecule has 0 spiro atoms. The number of carboxylic acid groups (broad SMARTS) is 2. The molecule has 0 radical (unpaired) electrons. The molecule has 2 fully saturated rings. The molecule has 1 N–H and O–H groups in total. The summed E-state index contributed by atoms with van der Waals surface area (Å²) in [5.41, 5.74) is -2.36. The number of carbonyl (C=O) groups is 5. The van der Waals surface area contributed by atoms with E-state index in [1.54, 1.807) is 0 Å². The van der Waals surface area contributed by atoms with Crippen LogP contribution >= 0.6 is 23.1 Å². The van der Waals surface area contributed by atoms with Crippen molar-refractivity contribution in [2.45, 2.75) is 35.4 Å². The third kappa shape index (κ3) is 6.61. The van der Waals surface area contributed by atoms with E-state index in [0.717, 1.165) is 23.1 Å². The molecular formula is C14H12N4Na2O9S2. The Labute approximate surface area is 227 Å². The quantitative estimate of drug-likeness (QED) is 0.206. The van der Waals surface area contributed by atoms with Gasteiger partial charge in [-0.1, -0.05) is 23.1 Å². The average Bonchev–Trinajstić information content (AvgIpc) is 3.34. The summed E-state index contributed by atoms with van der Waals surface area (Å²) in [6.45, 7) is -0.351. The van der Waals surface area contributed by atoms with E-state index in [0.29, 0.717) is 9.40 Å². The molecule has 2 saturated heterocycles. The number of rotatable bonds is 8. The number of hydrogen-bond donors (Lipinski definition) is 1. The first kappa shape index (κ1) is 28.3. The summed E-state index contributed by atoms with van der Waals surface area (Å²) in [4.78, 5) is 62.9. The molecule has 0 aromatic carbocycles. The van der Waals surface area contributed by atoms with Gasteiger partial charge < -0.3 is 29.9 Å². The second-order valence-electron chi connectivity index (χ2n) is 5.89. The molecule has 1 unspecified atom stereocenters. The Morgan fingerprint density at radius 1 is 1.26 bits per heavy atom. The monoisotopic (exact) mass is 490 g/mol. The zero-order valence-corrected chi connectivity index (χ0v) is 22.1. The van der Waals surface area contributed by atoms with Crippen LogP contribution in [0.1, 0.15) is 17.8 Å². The number of hydroxylamine groups is 2. The molecular weight excluding hydrogens is 478 g/mol. The molecule has 2 atom stereocenters. The number of carbonyl (C=O) groups excluding carboxylic acids is 5. The summed E-state index contributed by atoms with van der Waals surface area (Å²) in [5.74, 6) is -5.56. The molecule has 0 bridgehead atoms. The topological polar surface area (TPSA) is 191 Å². The number of cyclic esters (lactones) is 1. The van der Waals surface area contributed by atoms with Gasteiger partial charge in [-0.05, 0) is 0 Å². The van der Waals surface area contributed by atoms with Crippen molar-refractivity contribution in [3.8, 4) is 0 Å². The summed E-state index contributed by atoms with van der Waals surface area (Å²) >= 11 is 1.96. The molecule has 17 heteroatoms. The smallest absolute Gasteiger partial charge is 0.550 e. The Balaban J connectivity index is 0.00000240. The SMILES string of the molecule is O=C([O-])Cc1nnc(SCC(=O)N[C@H]2CON(C3(C(=O)[O-])CCC(=O)O3)C2=O)s1.[Na+].[Na+]. The predicted octanol–water partition coefficient (Wildman–Crippen LogP) is -10.0. The maximum absolute atomic E-state index is 12.4. The first-order valence-corrected chi connectivity index (χ1v) is 9.86. The van der Waals surface area contributed by atoms with Crippen molar-refractivity contribution >= 4 is 52.8 Å². The van der Waals surface area contributed by atoms with Crippen molar-refractivity contribution in [2.75, 3.05) is 12.4 Å². The van der Waals surface area contributed by atoms with E-state index < -0.39 is 41.5 Å². The molecule has 31 heavy (non-hydrogen) atoms. The normalized spacial score (nSPS) is 22.3. The molecule has 2 aliphatic heterocycles. The molecule has 2 amide bonds. The number of carboxylic acids is 2. The minimum Gasteiger partial charge on any atom is -0.550 e. The second-order valence-corrected chi connectivity index (χ2v) is 8.18. The van der Waals surface area contributed by atoms with Crippen molar-refractivity contribution < 1.29 is 103 Å². The number of thioether (sulfide) groups is 1. The fourth-order valence-corrected chi connectivity index (χ4v) is 4.29. The van der Waals surface area contributed by atoms with Crippen LogP contribution in [0.2, 0.25) is 0 Å². The van der Waals surface area contributed by atoms with E-state index in [2.05, 4.69) is 15.5 Å². The number of amides is 2. The first-order chi connectivity index (χ1) is 13.7. The zero-order chi connectivity index (χ0) is 21.2. The molecule has 3 rings (SSSR count). The van der Waals surface area contributed by atoms with E-state index in [1.165, 1.54) is 0 Å². The van der Waals surface area contributed by atoms with Gasteiger partial charge in [-0.2, -0.15) is 5.06 Å². The number of esters is 1. The summed E-state index contributed by atoms with van der Waals surface area (Å²) in [6.07, 6.45) is -0.947. The standard InChI is InChI=1S/C14H14N4O9S2.2Na/c19-7(5-28-13-17-16-8(29-13)3-9(20)21)15-6-4-26-18(11(6)23)14(12(24)25)2-1-10(22)27-14;;/h6H,1-5H2,(H,15,19)(H,20,21)(H,24,25);;/q;2*+1/p-2/t6-,14?;;/m0../s1. The van der Waals surface area contributed by atoms with E-state index in [1.807, 2.05) is 0 Å². The Hall–Kier alpha value is -0.780. The van der Waals surface area contributed by atoms with Gasteiger partial charge in [-0.15, -0.1) is 10.2 Å². The van der Waals surface area contributed by atoms with Crippen molar-refractivity contribution in [1.29, 1.82) is 0 Å². The fourth-order valence-electron chi connectivity index (χ4n) is 2.60. The fraction of sp³-hybridized carbons (Fsp3) is 0.500.